The molecule has 7 nitrogen and oxygen atoms in total. The van der Waals surface area contributed by atoms with Gasteiger partial charge in [-0.3, -0.25) is 9.10 Å². The first-order valence-corrected chi connectivity index (χ1v) is 13.3. The van der Waals surface area contributed by atoms with Crippen molar-refractivity contribution in [3.8, 4) is 5.75 Å². The molecule has 1 aliphatic rings. The van der Waals surface area contributed by atoms with E-state index in [0.29, 0.717) is 23.0 Å². The van der Waals surface area contributed by atoms with Gasteiger partial charge in [-0.2, -0.15) is 0 Å². The van der Waals surface area contributed by atoms with Crippen molar-refractivity contribution in [2.45, 2.75) is 31.4 Å². The van der Waals surface area contributed by atoms with E-state index in [2.05, 4.69) is 24.1 Å². The first-order chi connectivity index (χ1) is 16.8. The quantitative estimate of drug-likeness (QED) is 0.481. The molecule has 0 aromatic heterocycles. The zero-order valence-corrected chi connectivity index (χ0v) is 21.2. The summed E-state index contributed by atoms with van der Waals surface area (Å²) >= 11 is 5.93. The van der Waals surface area contributed by atoms with Crippen LogP contribution in [0.1, 0.15) is 19.4 Å². The van der Waals surface area contributed by atoms with Gasteiger partial charge in [0.1, 0.15) is 5.75 Å². The lowest BCUT2D eigenvalue weighted by Gasteiger charge is -2.34. The SMILES string of the molecule is CCN(CC)c1ccc(CNC(=O)[C@H]2CN(S(=O)(=O)c3ccc(Cl)cc3)c3ccccc3O2)cc1. The third kappa shape index (κ3) is 5.39. The van der Waals surface area contributed by atoms with E-state index in [9.17, 15) is 13.2 Å². The number of hydrogen-bond acceptors (Lipinski definition) is 5. The van der Waals surface area contributed by atoms with Gasteiger partial charge in [0.15, 0.2) is 6.10 Å². The number of carbonyl (C=O) groups is 1. The molecule has 0 saturated heterocycles. The van der Waals surface area contributed by atoms with Crippen LogP contribution in [0.5, 0.6) is 5.75 Å². The van der Waals surface area contributed by atoms with Crippen LogP contribution in [0.25, 0.3) is 0 Å². The van der Waals surface area contributed by atoms with Crippen molar-refractivity contribution in [2.75, 3.05) is 28.8 Å². The third-order valence-electron chi connectivity index (χ3n) is 5.96. The summed E-state index contributed by atoms with van der Waals surface area (Å²) in [4.78, 5) is 15.3. The molecule has 184 valence electrons. The lowest BCUT2D eigenvalue weighted by atomic mass is 10.1. The summed E-state index contributed by atoms with van der Waals surface area (Å²) in [5, 5.41) is 3.32. The van der Waals surface area contributed by atoms with E-state index in [1.54, 1.807) is 24.3 Å². The van der Waals surface area contributed by atoms with Crippen molar-refractivity contribution < 1.29 is 17.9 Å². The van der Waals surface area contributed by atoms with Gasteiger partial charge in [0.05, 0.1) is 17.1 Å². The van der Waals surface area contributed by atoms with Gasteiger partial charge >= 0.3 is 0 Å². The Morgan fingerprint density at radius 1 is 1.03 bits per heavy atom. The molecule has 4 rings (SSSR count). The Hall–Kier alpha value is -3.23. The highest BCUT2D eigenvalue weighted by Gasteiger charge is 2.37. The molecule has 0 radical (unpaired) electrons. The van der Waals surface area contributed by atoms with Crippen molar-refractivity contribution in [3.05, 3.63) is 83.4 Å². The molecule has 0 spiro atoms. The Morgan fingerprint density at radius 2 is 1.69 bits per heavy atom. The number of nitrogens with zero attached hydrogens (tertiary/aromatic N) is 2. The number of para-hydroxylation sites is 2. The van der Waals surface area contributed by atoms with Crippen LogP contribution >= 0.6 is 11.6 Å². The van der Waals surface area contributed by atoms with Crippen molar-refractivity contribution in [3.63, 3.8) is 0 Å². The Morgan fingerprint density at radius 3 is 2.34 bits per heavy atom. The number of halogens is 1. The van der Waals surface area contributed by atoms with E-state index in [1.165, 1.54) is 28.6 Å². The molecule has 35 heavy (non-hydrogen) atoms. The van der Waals surface area contributed by atoms with Crippen molar-refractivity contribution in [1.29, 1.82) is 0 Å². The Labute approximate surface area is 211 Å². The van der Waals surface area contributed by atoms with Crippen molar-refractivity contribution in [2.24, 2.45) is 0 Å². The number of nitrogens with one attached hydrogen (secondary N) is 1. The van der Waals surface area contributed by atoms with Crippen LogP contribution in [0.3, 0.4) is 0 Å². The number of ether oxygens (including phenoxy) is 1. The largest absolute Gasteiger partial charge is 0.476 e. The van der Waals surface area contributed by atoms with Gasteiger partial charge in [0, 0.05) is 30.3 Å². The van der Waals surface area contributed by atoms with Crippen LogP contribution in [-0.2, 0) is 21.4 Å². The van der Waals surface area contributed by atoms with Crippen LogP contribution in [0.2, 0.25) is 5.02 Å². The number of carbonyl (C=O) groups excluding carboxylic acids is 1. The van der Waals surface area contributed by atoms with Crippen LogP contribution < -0.4 is 19.3 Å². The second-order valence-corrected chi connectivity index (χ2v) is 10.4. The predicted octanol–water partition coefficient (Wildman–Crippen LogP) is 4.46. The molecule has 0 bridgehead atoms. The van der Waals surface area contributed by atoms with E-state index in [4.69, 9.17) is 16.3 Å². The van der Waals surface area contributed by atoms with Gasteiger partial charge in [-0.15, -0.1) is 0 Å². The number of benzene rings is 3. The number of amides is 1. The molecule has 1 amide bonds. The summed E-state index contributed by atoms with van der Waals surface area (Å²) in [7, 11) is -3.93. The summed E-state index contributed by atoms with van der Waals surface area (Å²) in [6, 6.07) is 20.7. The van der Waals surface area contributed by atoms with E-state index < -0.39 is 16.1 Å². The summed E-state index contributed by atoms with van der Waals surface area (Å²) in [6.07, 6.45) is -0.998. The molecule has 0 saturated carbocycles. The maximum absolute atomic E-state index is 13.4. The van der Waals surface area contributed by atoms with Crippen molar-refractivity contribution >= 4 is 38.9 Å². The van der Waals surface area contributed by atoms with E-state index in [-0.39, 0.29) is 17.3 Å². The molecule has 1 N–H and O–H groups in total. The number of anilines is 2. The standard InChI is InChI=1S/C26H28ClN3O4S/c1-3-29(4-2)21-13-9-19(10-14-21)17-28-26(31)25-18-30(23-7-5-6-8-24(23)34-25)35(32,33)22-15-11-20(27)12-16-22/h5-16,25H,3-4,17-18H2,1-2H3,(H,28,31)/t25-/m1/s1. The monoisotopic (exact) mass is 513 g/mol. The fraction of sp³-hybridized carbons (Fsp3) is 0.269. The normalized spacial score (nSPS) is 15.2. The Kier molecular flexibility index (Phi) is 7.52. The number of sulfonamides is 1. The van der Waals surface area contributed by atoms with Gasteiger partial charge < -0.3 is 15.0 Å². The first kappa shape index (κ1) is 24.9. The van der Waals surface area contributed by atoms with Gasteiger partial charge in [-0.25, -0.2) is 8.42 Å². The molecule has 0 unspecified atom stereocenters. The fourth-order valence-corrected chi connectivity index (χ4v) is 5.62. The molecule has 9 heteroatoms. The average molecular weight is 514 g/mol. The van der Waals surface area contributed by atoms with E-state index >= 15 is 0 Å². The van der Waals surface area contributed by atoms with Gasteiger partial charge in [-0.05, 0) is 67.9 Å². The molecule has 1 heterocycles. The topological polar surface area (TPSA) is 79.0 Å². The smallest absolute Gasteiger partial charge is 0.264 e. The van der Waals surface area contributed by atoms with Crippen LogP contribution in [-0.4, -0.2) is 40.1 Å². The lowest BCUT2D eigenvalue weighted by molar-refractivity contribution is -0.127. The second-order valence-electron chi connectivity index (χ2n) is 8.12. The molecule has 3 aromatic rings. The summed E-state index contributed by atoms with van der Waals surface area (Å²) < 4.78 is 34.0. The maximum atomic E-state index is 13.4. The number of fused-ring (bicyclic) bond motifs is 1. The predicted molar refractivity (Wildman–Crippen MR) is 139 cm³/mol. The molecule has 0 aliphatic carbocycles. The second kappa shape index (κ2) is 10.6. The summed E-state index contributed by atoms with van der Waals surface area (Å²) in [5.41, 5.74) is 2.45. The highest BCUT2D eigenvalue weighted by Crippen LogP contribution is 2.37. The zero-order chi connectivity index (χ0) is 25.0. The number of hydrogen-bond donors (Lipinski definition) is 1. The van der Waals surface area contributed by atoms with Gasteiger partial charge in [0.25, 0.3) is 15.9 Å². The molecular weight excluding hydrogens is 486 g/mol. The number of rotatable bonds is 8. The van der Waals surface area contributed by atoms with Crippen molar-refractivity contribution in [1.82, 2.24) is 5.32 Å². The fourth-order valence-electron chi connectivity index (χ4n) is 4.02. The van der Waals surface area contributed by atoms with Crippen LogP contribution in [0.4, 0.5) is 11.4 Å². The minimum atomic E-state index is -3.93. The van der Waals surface area contributed by atoms with Gasteiger partial charge in [0.2, 0.25) is 0 Å². The molecule has 0 fully saturated rings. The minimum absolute atomic E-state index is 0.0889. The molecule has 3 aromatic carbocycles. The Balaban J connectivity index is 1.51. The maximum Gasteiger partial charge on any atom is 0.264 e. The van der Waals surface area contributed by atoms with Gasteiger partial charge in [-0.1, -0.05) is 35.9 Å². The average Bonchev–Trinajstić information content (AvgIpc) is 2.88. The summed E-state index contributed by atoms with van der Waals surface area (Å²) in [5.74, 6) is -0.0522. The summed E-state index contributed by atoms with van der Waals surface area (Å²) in [6.45, 7) is 6.22. The minimum Gasteiger partial charge on any atom is -0.476 e. The van der Waals surface area contributed by atoms with E-state index in [1.807, 2.05) is 24.3 Å². The highest BCUT2D eigenvalue weighted by molar-refractivity contribution is 7.92. The third-order valence-corrected chi connectivity index (χ3v) is 8.01. The lowest BCUT2D eigenvalue weighted by Crippen LogP contribution is -2.50. The van der Waals surface area contributed by atoms with E-state index in [0.717, 1.165) is 24.3 Å². The van der Waals surface area contributed by atoms with Crippen LogP contribution in [0.15, 0.2) is 77.7 Å². The Bertz CT molecular complexity index is 1280. The van der Waals surface area contributed by atoms with Crippen LogP contribution in [0, 0.1) is 0 Å². The zero-order valence-electron chi connectivity index (χ0n) is 19.6. The molecule has 1 aliphatic heterocycles. The molecule has 1 atom stereocenters. The highest BCUT2D eigenvalue weighted by atomic mass is 35.5. The molecular formula is C26H28ClN3O4S. The first-order valence-electron chi connectivity index (χ1n) is 11.5.